The number of amides is 1. The van der Waals surface area contributed by atoms with Crippen molar-refractivity contribution >= 4 is 17.5 Å². The van der Waals surface area contributed by atoms with Crippen molar-refractivity contribution in [1.82, 2.24) is 0 Å². The first-order valence-corrected chi connectivity index (χ1v) is 7.39. The van der Waals surface area contributed by atoms with Crippen molar-refractivity contribution in [2.24, 2.45) is 4.99 Å². The highest BCUT2D eigenvalue weighted by atomic mass is 16.5. The Labute approximate surface area is 129 Å². The Balaban J connectivity index is 1.80. The number of hydrogen-bond donors (Lipinski definition) is 0. The van der Waals surface area contributed by atoms with Crippen LogP contribution in [0, 0.1) is 0 Å². The lowest BCUT2D eigenvalue weighted by Crippen LogP contribution is -2.45. The van der Waals surface area contributed by atoms with E-state index in [0.717, 1.165) is 16.8 Å². The lowest BCUT2D eigenvalue weighted by Gasteiger charge is -2.32. The van der Waals surface area contributed by atoms with Gasteiger partial charge in [-0.05, 0) is 18.2 Å². The summed E-state index contributed by atoms with van der Waals surface area (Å²) >= 11 is 0. The van der Waals surface area contributed by atoms with Gasteiger partial charge in [-0.2, -0.15) is 0 Å². The van der Waals surface area contributed by atoms with Gasteiger partial charge < -0.3 is 9.64 Å². The molecule has 0 aliphatic carbocycles. The van der Waals surface area contributed by atoms with E-state index < -0.39 is 5.60 Å². The van der Waals surface area contributed by atoms with Crippen LogP contribution in [0.3, 0.4) is 0 Å². The van der Waals surface area contributed by atoms with Gasteiger partial charge in [-0.1, -0.05) is 36.4 Å². The standard InChI is InChI=1S/C18H16N2O2/c1-20-15-10-6-5-9-14(15)18(17(20)21)11-12-19-16(22-18)13-7-3-2-4-8-13/h2-10H,11-12H2,1H3/t18-/m1/s1. The van der Waals surface area contributed by atoms with Crippen molar-refractivity contribution in [2.45, 2.75) is 12.0 Å². The highest BCUT2D eigenvalue weighted by molar-refractivity contribution is 6.09. The Morgan fingerprint density at radius 3 is 2.64 bits per heavy atom. The highest BCUT2D eigenvalue weighted by Crippen LogP contribution is 2.45. The molecule has 2 aliphatic rings. The lowest BCUT2D eigenvalue weighted by molar-refractivity contribution is -0.135. The van der Waals surface area contributed by atoms with E-state index in [1.807, 2.05) is 54.6 Å². The predicted molar refractivity (Wildman–Crippen MR) is 85.1 cm³/mol. The van der Waals surface area contributed by atoms with E-state index in [4.69, 9.17) is 4.74 Å². The number of para-hydroxylation sites is 1. The first kappa shape index (κ1) is 13.1. The van der Waals surface area contributed by atoms with Crippen molar-refractivity contribution in [1.29, 1.82) is 0 Å². The summed E-state index contributed by atoms with van der Waals surface area (Å²) in [4.78, 5) is 19.0. The summed E-state index contributed by atoms with van der Waals surface area (Å²) in [5, 5.41) is 0. The summed E-state index contributed by atoms with van der Waals surface area (Å²) in [7, 11) is 1.80. The number of rotatable bonds is 1. The molecule has 110 valence electrons. The van der Waals surface area contributed by atoms with Gasteiger partial charge in [0.05, 0.1) is 5.69 Å². The van der Waals surface area contributed by atoms with Gasteiger partial charge in [-0.15, -0.1) is 0 Å². The quantitative estimate of drug-likeness (QED) is 0.811. The number of benzene rings is 2. The monoisotopic (exact) mass is 292 g/mol. The second-order valence-electron chi connectivity index (χ2n) is 5.61. The molecule has 0 aromatic heterocycles. The number of carbonyl (C=O) groups excluding carboxylic acids is 1. The van der Waals surface area contributed by atoms with Crippen LogP contribution < -0.4 is 4.90 Å². The van der Waals surface area contributed by atoms with E-state index >= 15 is 0 Å². The number of carbonyl (C=O) groups is 1. The normalized spacial score (nSPS) is 23.2. The first-order chi connectivity index (χ1) is 10.7. The van der Waals surface area contributed by atoms with E-state index in [0.29, 0.717) is 18.9 Å². The first-order valence-electron chi connectivity index (χ1n) is 7.39. The molecule has 0 saturated heterocycles. The van der Waals surface area contributed by atoms with Gasteiger partial charge in [-0.25, -0.2) is 0 Å². The zero-order chi connectivity index (χ0) is 15.2. The van der Waals surface area contributed by atoms with E-state index in [2.05, 4.69) is 4.99 Å². The average Bonchev–Trinajstić information content (AvgIpc) is 2.79. The minimum absolute atomic E-state index is 0.0166. The molecule has 4 nitrogen and oxygen atoms in total. The third-order valence-corrected chi connectivity index (χ3v) is 4.36. The molecule has 0 saturated carbocycles. The maximum absolute atomic E-state index is 12.9. The lowest BCUT2D eigenvalue weighted by atomic mass is 9.90. The minimum atomic E-state index is -0.932. The molecule has 0 N–H and O–H groups in total. The van der Waals surface area contributed by atoms with Crippen molar-refractivity contribution in [3.8, 4) is 0 Å². The van der Waals surface area contributed by atoms with Crippen LogP contribution in [-0.4, -0.2) is 25.4 Å². The number of ether oxygens (including phenoxy) is 1. The molecule has 1 atom stereocenters. The molecule has 22 heavy (non-hydrogen) atoms. The summed E-state index contributed by atoms with van der Waals surface area (Å²) < 4.78 is 6.19. The molecule has 2 aromatic carbocycles. The van der Waals surface area contributed by atoms with Gasteiger partial charge in [0.2, 0.25) is 11.5 Å². The third kappa shape index (κ3) is 1.70. The van der Waals surface area contributed by atoms with Crippen LogP contribution in [0.1, 0.15) is 17.5 Å². The highest BCUT2D eigenvalue weighted by Gasteiger charge is 2.53. The van der Waals surface area contributed by atoms with Gasteiger partial charge in [0.25, 0.3) is 5.91 Å². The topological polar surface area (TPSA) is 41.9 Å². The Morgan fingerprint density at radius 2 is 1.82 bits per heavy atom. The van der Waals surface area contributed by atoms with E-state index in [9.17, 15) is 4.79 Å². The van der Waals surface area contributed by atoms with E-state index in [1.54, 1.807) is 11.9 Å². The molecule has 2 heterocycles. The molecule has 4 heteroatoms. The third-order valence-electron chi connectivity index (χ3n) is 4.36. The molecule has 0 unspecified atom stereocenters. The largest absolute Gasteiger partial charge is 0.456 e. The van der Waals surface area contributed by atoms with Gasteiger partial charge in [0, 0.05) is 31.1 Å². The van der Waals surface area contributed by atoms with Crippen molar-refractivity contribution in [2.75, 3.05) is 18.5 Å². The zero-order valence-electron chi connectivity index (χ0n) is 12.3. The zero-order valence-corrected chi connectivity index (χ0v) is 12.3. The van der Waals surface area contributed by atoms with Gasteiger partial charge in [0.15, 0.2) is 0 Å². The van der Waals surface area contributed by atoms with Crippen LogP contribution in [0.25, 0.3) is 0 Å². The van der Waals surface area contributed by atoms with Crippen molar-refractivity contribution in [3.63, 3.8) is 0 Å². The van der Waals surface area contributed by atoms with Gasteiger partial charge >= 0.3 is 0 Å². The van der Waals surface area contributed by atoms with Crippen LogP contribution >= 0.6 is 0 Å². The predicted octanol–water partition coefficient (Wildman–Crippen LogP) is 2.73. The van der Waals surface area contributed by atoms with Crippen LogP contribution in [-0.2, 0) is 15.1 Å². The SMILES string of the molecule is CN1C(=O)[C@@]2(CCN=C(c3ccccc3)O2)c2ccccc21. The maximum atomic E-state index is 12.9. The molecule has 0 fully saturated rings. The summed E-state index contributed by atoms with van der Waals surface area (Å²) in [6.07, 6.45) is 0.573. The van der Waals surface area contributed by atoms with Crippen LogP contribution in [0.4, 0.5) is 5.69 Å². The molecular weight excluding hydrogens is 276 g/mol. The smallest absolute Gasteiger partial charge is 0.275 e. The second kappa shape index (κ2) is 4.70. The Bertz CT molecular complexity index is 770. The van der Waals surface area contributed by atoms with Gasteiger partial charge in [0.1, 0.15) is 0 Å². The molecule has 0 radical (unpaired) electrons. The average molecular weight is 292 g/mol. The number of fused-ring (bicyclic) bond motifs is 2. The molecule has 1 amide bonds. The minimum Gasteiger partial charge on any atom is -0.456 e. The fraction of sp³-hybridized carbons (Fsp3) is 0.222. The number of nitrogens with zero attached hydrogens (tertiary/aromatic N) is 2. The van der Waals surface area contributed by atoms with Crippen LogP contribution in [0.15, 0.2) is 59.6 Å². The Morgan fingerprint density at radius 1 is 1.09 bits per heavy atom. The summed E-state index contributed by atoms with van der Waals surface area (Å²) in [5.74, 6) is 0.530. The van der Waals surface area contributed by atoms with Crippen molar-refractivity contribution < 1.29 is 9.53 Å². The van der Waals surface area contributed by atoms with Crippen LogP contribution in [0.2, 0.25) is 0 Å². The number of aliphatic imine (C=N–C) groups is 1. The number of likely N-dealkylation sites (N-methyl/N-ethyl adjacent to an activating group) is 1. The molecule has 1 spiro atoms. The second-order valence-corrected chi connectivity index (χ2v) is 5.61. The number of hydrogen-bond acceptors (Lipinski definition) is 3. The fourth-order valence-corrected chi connectivity index (χ4v) is 3.24. The van der Waals surface area contributed by atoms with E-state index in [1.165, 1.54) is 0 Å². The van der Waals surface area contributed by atoms with Crippen molar-refractivity contribution in [3.05, 3.63) is 65.7 Å². The van der Waals surface area contributed by atoms with E-state index in [-0.39, 0.29) is 5.91 Å². The number of anilines is 1. The molecular formula is C18H16N2O2. The van der Waals surface area contributed by atoms with Crippen LogP contribution in [0.5, 0.6) is 0 Å². The molecule has 2 aliphatic heterocycles. The molecule has 4 rings (SSSR count). The fourth-order valence-electron chi connectivity index (χ4n) is 3.24. The Kier molecular flexibility index (Phi) is 2.79. The summed E-state index contributed by atoms with van der Waals surface area (Å²) in [6, 6.07) is 17.6. The molecule has 0 bridgehead atoms. The molecule has 2 aromatic rings. The maximum Gasteiger partial charge on any atom is 0.275 e. The van der Waals surface area contributed by atoms with Gasteiger partial charge in [-0.3, -0.25) is 9.79 Å². The summed E-state index contributed by atoms with van der Waals surface area (Å²) in [6.45, 7) is 0.581. The summed E-state index contributed by atoms with van der Waals surface area (Å²) in [5.41, 5.74) is 1.83. The Hall–Kier alpha value is -2.62.